The number of hydrogen-bond donors (Lipinski definition) is 9. The van der Waals surface area contributed by atoms with Crippen LogP contribution in [-0.4, -0.2) is 129 Å². The van der Waals surface area contributed by atoms with Gasteiger partial charge in [0.05, 0.1) is 19.5 Å². The molecule has 0 bridgehead atoms. The third kappa shape index (κ3) is 16.9. The number of hydrogen-bond acceptors (Lipinski definition) is 19. The van der Waals surface area contributed by atoms with E-state index in [2.05, 4.69) is 34.4 Å². The summed E-state index contributed by atoms with van der Waals surface area (Å²) in [6.45, 7) is 0.475. The van der Waals surface area contributed by atoms with Crippen LogP contribution in [-0.2, 0) is 55.5 Å². The largest absolute Gasteiger partial charge is 0.481 e. The maximum atomic E-state index is 12.7. The summed E-state index contributed by atoms with van der Waals surface area (Å²) in [6.07, 6.45) is -0.725. The molecule has 1 fully saturated rings. The number of unbranched alkanes of at least 4 members (excludes halogenated alkanes) is 5. The summed E-state index contributed by atoms with van der Waals surface area (Å²) in [4.78, 5) is 98.0. The number of aliphatic hydroxyl groups is 2. The van der Waals surface area contributed by atoms with Gasteiger partial charge in [-0.1, -0.05) is 44.9 Å². The number of carbonyl (C=O) groups excluding carboxylic acids is 4. The van der Waals surface area contributed by atoms with Crippen LogP contribution in [0.15, 0.2) is 12.7 Å². The van der Waals surface area contributed by atoms with Crippen molar-refractivity contribution in [2.24, 2.45) is 5.41 Å². The zero-order chi connectivity index (χ0) is 44.0. The number of carbonyl (C=O) groups is 4. The van der Waals surface area contributed by atoms with Crippen molar-refractivity contribution in [2.75, 3.05) is 37.8 Å². The number of phosphoric acid groups is 3. The number of amides is 2. The fraction of sp³-hybridized carbons (Fsp3) is 0.700. The summed E-state index contributed by atoms with van der Waals surface area (Å²) in [5.41, 5.74) is 4.25. The summed E-state index contributed by atoms with van der Waals surface area (Å²) in [5, 5.41) is 26.4. The molecule has 2 amide bonds. The number of fused-ring (bicyclic) bond motifs is 1. The normalized spacial score (nSPS) is 21.1. The van der Waals surface area contributed by atoms with Crippen LogP contribution in [0.25, 0.3) is 11.2 Å². The molecule has 3 rings (SSSR count). The van der Waals surface area contributed by atoms with Gasteiger partial charge in [0, 0.05) is 43.5 Å². The highest BCUT2D eigenvalue weighted by Crippen LogP contribution is 2.61. The Morgan fingerprint density at radius 1 is 1.00 bits per heavy atom. The molecule has 3 heterocycles. The molecule has 7 unspecified atom stereocenters. The van der Waals surface area contributed by atoms with E-state index in [1.54, 1.807) is 0 Å². The molecule has 334 valence electrons. The lowest BCUT2D eigenvalue weighted by molar-refractivity contribution is -0.137. The number of imidazole rings is 1. The Morgan fingerprint density at radius 3 is 2.37 bits per heavy atom. The summed E-state index contributed by atoms with van der Waals surface area (Å²) in [7, 11) is -16.4. The van der Waals surface area contributed by atoms with Gasteiger partial charge in [0.2, 0.25) is 11.8 Å². The molecule has 0 spiro atoms. The van der Waals surface area contributed by atoms with E-state index in [4.69, 9.17) is 19.5 Å². The molecule has 1 aliphatic rings. The number of thioether (sulfide) groups is 1. The van der Waals surface area contributed by atoms with E-state index in [9.17, 15) is 62.7 Å². The molecular formula is C30H50N7O18P3S. The second-order valence-corrected chi connectivity index (χ2v) is 19.2. The topological polar surface area (TPSA) is 381 Å². The first kappa shape index (κ1) is 50.6. The molecule has 7 atom stereocenters. The van der Waals surface area contributed by atoms with Crippen molar-refractivity contribution in [1.82, 2.24) is 30.2 Å². The summed E-state index contributed by atoms with van der Waals surface area (Å²) < 4.78 is 62.2. The minimum Gasteiger partial charge on any atom is -0.386 e. The van der Waals surface area contributed by atoms with Crippen molar-refractivity contribution < 1.29 is 85.3 Å². The number of rotatable bonds is 27. The van der Waals surface area contributed by atoms with Crippen LogP contribution in [0.1, 0.15) is 71.4 Å². The van der Waals surface area contributed by atoms with Crippen LogP contribution in [0.4, 0.5) is 5.82 Å². The van der Waals surface area contributed by atoms with Gasteiger partial charge in [-0.25, -0.2) is 28.6 Å². The molecule has 2 aromatic rings. The van der Waals surface area contributed by atoms with Gasteiger partial charge in [-0.05, 0) is 12.8 Å². The maximum Gasteiger partial charge on any atom is 0.481 e. The smallest absolute Gasteiger partial charge is 0.386 e. The van der Waals surface area contributed by atoms with E-state index in [-0.39, 0.29) is 41.6 Å². The van der Waals surface area contributed by atoms with Gasteiger partial charge in [0.1, 0.15) is 42.5 Å². The molecule has 59 heavy (non-hydrogen) atoms. The van der Waals surface area contributed by atoms with Crippen LogP contribution in [0, 0.1) is 5.41 Å². The summed E-state index contributed by atoms with van der Waals surface area (Å²) in [5.74, 6) is -1.11. The molecule has 0 saturated carbocycles. The van der Waals surface area contributed by atoms with Gasteiger partial charge in [0.25, 0.3) is 0 Å². The van der Waals surface area contributed by atoms with Crippen molar-refractivity contribution in [3.8, 4) is 0 Å². The van der Waals surface area contributed by atoms with Gasteiger partial charge >= 0.3 is 23.5 Å². The minimum absolute atomic E-state index is 0.00377. The SMILES string of the molecule is CC(C)(COP(=O)(O)OP(=O)(O)OCC1OC(n2cnc3c(N)ncnc32)C(O)C1OP(=O)(O)O)C(O)C(=O)NCCC(=O)NCCSC(=O)CCCCCCCC=O. The fourth-order valence-corrected chi connectivity index (χ4v) is 8.94. The molecule has 1 saturated heterocycles. The van der Waals surface area contributed by atoms with Crippen molar-refractivity contribution >= 4 is 75.4 Å². The third-order valence-corrected chi connectivity index (χ3v) is 12.5. The first-order valence-electron chi connectivity index (χ1n) is 18.0. The molecule has 25 nitrogen and oxygen atoms in total. The van der Waals surface area contributed by atoms with Crippen molar-refractivity contribution in [3.05, 3.63) is 12.7 Å². The van der Waals surface area contributed by atoms with E-state index in [1.807, 2.05) is 0 Å². The van der Waals surface area contributed by atoms with Gasteiger partial charge in [0.15, 0.2) is 22.8 Å². The number of anilines is 1. The fourth-order valence-electron chi connectivity index (χ4n) is 5.39. The first-order chi connectivity index (χ1) is 27.6. The number of aldehydes is 1. The molecule has 29 heteroatoms. The number of phosphoric ester groups is 3. The molecule has 10 N–H and O–H groups in total. The lowest BCUT2D eigenvalue weighted by Crippen LogP contribution is -2.46. The van der Waals surface area contributed by atoms with E-state index in [0.717, 1.165) is 67.4 Å². The highest BCUT2D eigenvalue weighted by molar-refractivity contribution is 8.13. The van der Waals surface area contributed by atoms with Crippen LogP contribution in [0.5, 0.6) is 0 Å². The first-order valence-corrected chi connectivity index (χ1v) is 23.5. The third-order valence-electron chi connectivity index (χ3n) is 8.47. The molecule has 0 aliphatic carbocycles. The second kappa shape index (κ2) is 22.9. The van der Waals surface area contributed by atoms with Gasteiger partial charge in [-0.3, -0.25) is 32.5 Å². The van der Waals surface area contributed by atoms with Gasteiger partial charge in [-0.15, -0.1) is 0 Å². The predicted octanol–water partition coefficient (Wildman–Crippen LogP) is 0.594. The number of nitrogens with two attached hydrogens (primary N) is 1. The number of aromatic nitrogens is 4. The van der Waals surface area contributed by atoms with E-state index < -0.39 is 84.6 Å². The molecule has 1 aliphatic heterocycles. The Hall–Kier alpha value is -2.77. The highest BCUT2D eigenvalue weighted by Gasteiger charge is 2.50. The van der Waals surface area contributed by atoms with Crippen LogP contribution < -0.4 is 16.4 Å². The number of nitrogens with zero attached hydrogens (tertiary/aromatic N) is 4. The Bertz CT molecular complexity index is 1890. The van der Waals surface area contributed by atoms with Crippen LogP contribution >= 0.6 is 35.2 Å². The monoisotopic (exact) mass is 921 g/mol. The predicted molar refractivity (Wildman–Crippen MR) is 205 cm³/mol. The Labute approximate surface area is 341 Å². The average Bonchev–Trinajstić information content (AvgIpc) is 3.71. The Balaban J connectivity index is 1.42. The summed E-state index contributed by atoms with van der Waals surface area (Å²) >= 11 is 1.10. The van der Waals surface area contributed by atoms with E-state index in [1.165, 1.54) is 13.8 Å². The molecule has 2 aromatic heterocycles. The Kier molecular flexibility index (Phi) is 19.6. The molecular weight excluding hydrogens is 871 g/mol. The number of ether oxygens (including phenoxy) is 1. The number of nitrogen functional groups attached to an aromatic ring is 1. The zero-order valence-corrected chi connectivity index (χ0v) is 35.5. The van der Waals surface area contributed by atoms with Crippen molar-refractivity contribution in [3.63, 3.8) is 0 Å². The van der Waals surface area contributed by atoms with Crippen LogP contribution in [0.2, 0.25) is 0 Å². The quantitative estimate of drug-likeness (QED) is 0.0336. The standard InChI is InChI=1S/C30H50N7O18P3S/c1-30(2,25(42)28(43)33-11-10-20(39)32-12-14-59-21(40)9-7-5-3-4-6-8-13-38)16-52-58(49,50)55-57(47,48)51-15-19-24(54-56(44,45)46)23(41)29(53-19)37-18-36-22-26(31)34-17-35-27(22)37/h13,17-19,23-25,29,41-42H,3-12,14-16H2,1-2H3,(H,32,39)(H,33,43)(H,47,48)(H,49,50)(H2,31,34,35)(H2,44,45,46). The van der Waals surface area contributed by atoms with Crippen molar-refractivity contribution in [2.45, 2.75) is 95.9 Å². The van der Waals surface area contributed by atoms with Crippen LogP contribution in [0.3, 0.4) is 0 Å². The highest BCUT2D eigenvalue weighted by atomic mass is 32.2. The minimum atomic E-state index is -5.58. The lowest BCUT2D eigenvalue weighted by Gasteiger charge is -2.30. The zero-order valence-electron chi connectivity index (χ0n) is 32.0. The van der Waals surface area contributed by atoms with Gasteiger partial charge < -0.3 is 55.7 Å². The second-order valence-electron chi connectivity index (χ2n) is 13.8. The summed E-state index contributed by atoms with van der Waals surface area (Å²) in [6, 6.07) is 0. The molecule has 0 aromatic carbocycles. The average molecular weight is 922 g/mol. The van der Waals surface area contributed by atoms with Crippen molar-refractivity contribution in [1.29, 1.82) is 0 Å². The molecule has 0 radical (unpaired) electrons. The maximum absolute atomic E-state index is 12.7. The van der Waals surface area contributed by atoms with E-state index >= 15 is 0 Å². The van der Waals surface area contributed by atoms with Gasteiger partial charge in [-0.2, -0.15) is 4.31 Å². The van der Waals surface area contributed by atoms with E-state index in [0.29, 0.717) is 18.6 Å². The number of nitrogens with one attached hydrogen (secondary N) is 2. The lowest BCUT2D eigenvalue weighted by atomic mass is 9.87. The number of aliphatic hydroxyl groups excluding tert-OH is 2. The Morgan fingerprint density at radius 2 is 1.68 bits per heavy atom.